The number of nitrogens with zero attached hydrogens (tertiary/aromatic N) is 13. The Kier molecular flexibility index (Phi) is 46.1. The molecule has 4 saturated heterocycles. The van der Waals surface area contributed by atoms with Crippen molar-refractivity contribution in [3.05, 3.63) is 70.8 Å². The second-order valence-corrected chi connectivity index (χ2v) is 50.4. The van der Waals surface area contributed by atoms with E-state index in [0.29, 0.717) is 25.1 Å². The van der Waals surface area contributed by atoms with Gasteiger partial charge in [-0.1, -0.05) is 98.1 Å². The average molecular weight is 2270 g/mol. The number of alkyl carbamates (subject to hydrolysis) is 3. The van der Waals surface area contributed by atoms with Crippen molar-refractivity contribution in [2.24, 2.45) is 5.92 Å². The van der Waals surface area contributed by atoms with Crippen LogP contribution in [0.25, 0.3) is 22.3 Å². The number of phosphoric ester groups is 2. The number of aliphatic hydroxyl groups excluding tert-OH is 3. The number of aromatic nitrogens is 12. The standard InChI is InChI=1S/C42H67N11O19P2S2.C21H37N3O5S2.C19H26N8O13P2/c1-40(2,3)70-38(58)49-22(12-10-11-14-45-34(55)23(19-75-76-42(7,8)9)50-39(59)71-41(4,5)6)36(56)69-31-26(68-35(30(31)54)53-21-48-29-32(44)46-20-47-33(29)53)18-66-74(63,64)72-24-16-28(52-15-13-27(43)51-37(52)57)67-25(24)17-65-73(60,61)62;1-15(18(26)28-13-11-22)10-8-9-12-23-17(25)16(14-30-31-21(5,6)7)24-19(27)29-20(2,3)4;20-11-1-2-26(19(30)25-11)12-3-8(9(38-12)4-36-41(31,32)33)40-42(34,35)37-5-10-14(28)15(29)18(39-10)27-7-24-13-16(21)22-6-23-17(13)27/h13,15,20-26,28,30-31,35,54,63-64H,10-12,14,16-19H2,1-9H3,(H8-,43,44,45,46,47,49,50,51,55,57,58,59,60,61,62);15-16H,8-10,12-14H2,1-7H3,(H,23,25)(H,24,27);1-2,6-10,12,14-15,18,28-29,34-35H,3-5H2,(H5-,20,21,22,23,25,30,31,32,33)/p+2/t22-,23-,24-,25+,26+,28+,30+,31+,35+;15-,16-;8-,9+,10+,12+,14+,15+,18+/m000/s1. The summed E-state index contributed by atoms with van der Waals surface area (Å²) in [5.74, 6) is -2.03. The SMILES string of the molecule is CC(C)(C)OC(=O)N[C@@H](CSSC(C)(C)C)C(=O)NCCCC[C@H](NC(=O)OC(C)(C)C)C(=O)O[C@H]1[C@@H](O)[C@H](n2cnc3c(N)ncnc32)O[C@@H]1CO[P+](O)(O)O[C@H]1C[C@H](n2ccc(N)nc2=O)O[C@@H]1COP(=O)(O)O.C[C@@H](CCCCNC(=O)[C@H](CSSC(C)(C)C)NC(=O)OC(C)(C)C)C(=O)OCC#N.Nc1ccn([C@H]2C[C@H](O[P+](O)(O)OC[C@H]3O[C@@H](n4cnc5c(N)ncnc54)[C@H](O)[C@@H]3O)[C@@H](COP(=O)(O)O)O2)c(=O)n1. The number of unbranched alkanes of at least 4 members (excludes halogenated alkanes) is 2. The minimum absolute atomic E-state index is 0.0198. The fraction of sp³-hybridized carbons (Fsp3) is 0.683. The Labute approximate surface area is 870 Å². The van der Waals surface area contributed by atoms with Crippen molar-refractivity contribution in [3.8, 4) is 6.07 Å². The number of nitrogens with two attached hydrogens (primary N) is 4. The number of phosphoric acid groups is 2. The Morgan fingerprint density at radius 2 is 0.919 bits per heavy atom. The predicted molar refractivity (Wildman–Crippen MR) is 537 cm³/mol. The first-order chi connectivity index (χ1) is 69.1. The van der Waals surface area contributed by atoms with Crippen molar-refractivity contribution in [3.63, 3.8) is 0 Å². The maximum absolute atomic E-state index is 14.2. The maximum atomic E-state index is 14.2. The smallest absolute Gasteiger partial charge is 0.455 e. The van der Waals surface area contributed by atoms with Crippen LogP contribution in [-0.4, -0.2) is 318 Å². The first-order valence-electron chi connectivity index (χ1n) is 46.0. The van der Waals surface area contributed by atoms with Crippen molar-refractivity contribution >= 4 is 163 Å². The minimum Gasteiger partial charge on any atom is -0.455 e. The van der Waals surface area contributed by atoms with E-state index >= 15 is 0 Å². The number of fused-ring (bicyclic) bond motifs is 2. The van der Waals surface area contributed by atoms with E-state index in [1.807, 2.05) is 20.8 Å². The lowest BCUT2D eigenvalue weighted by Crippen LogP contribution is -2.49. The van der Waals surface area contributed by atoms with Gasteiger partial charge < -0.3 is 127 Å². The maximum Gasteiger partial charge on any atom is 0.570 e. The van der Waals surface area contributed by atoms with E-state index < -0.39 is 221 Å². The highest BCUT2D eigenvalue weighted by Gasteiger charge is 2.57. The molecule has 4 aliphatic rings. The van der Waals surface area contributed by atoms with Crippen LogP contribution in [0.15, 0.2) is 59.4 Å². The zero-order chi connectivity index (χ0) is 111. The summed E-state index contributed by atoms with van der Waals surface area (Å²) in [6, 6.07) is 1.22. The van der Waals surface area contributed by atoms with E-state index in [4.69, 9.17) is 98.7 Å². The van der Waals surface area contributed by atoms with Crippen LogP contribution in [0.1, 0.15) is 187 Å². The molecule has 0 spiro atoms. The van der Waals surface area contributed by atoms with Crippen LogP contribution in [0, 0.1) is 17.2 Å². The van der Waals surface area contributed by atoms with Crippen molar-refractivity contribution in [1.82, 2.24) is 84.7 Å². The molecule has 10 rings (SSSR count). The number of rotatable bonds is 45. The van der Waals surface area contributed by atoms with Gasteiger partial charge in [0.2, 0.25) is 11.8 Å². The van der Waals surface area contributed by atoms with Crippen molar-refractivity contribution in [2.75, 3.05) is 80.6 Å². The Balaban J connectivity index is 0.000000309. The fourth-order valence-electron chi connectivity index (χ4n) is 13.9. The number of nitrogens with one attached hydrogen (secondary N) is 5. The van der Waals surface area contributed by atoms with Gasteiger partial charge in [-0.25, -0.2) is 67.8 Å². The van der Waals surface area contributed by atoms with Crippen LogP contribution >= 0.6 is 75.2 Å². The van der Waals surface area contributed by atoms with Gasteiger partial charge >= 0.3 is 73.6 Å². The number of hydrogen-bond donors (Lipinski definition) is 20. The Morgan fingerprint density at radius 1 is 0.523 bits per heavy atom. The molecule has 18 atom stereocenters. The van der Waals surface area contributed by atoms with E-state index in [1.165, 1.54) is 85.0 Å². The highest BCUT2D eigenvalue weighted by molar-refractivity contribution is 8.77. The lowest BCUT2D eigenvalue weighted by molar-refractivity contribution is -0.159. The van der Waals surface area contributed by atoms with Gasteiger partial charge in [0, 0.05) is 59.3 Å². The molecule has 149 heavy (non-hydrogen) atoms. The summed E-state index contributed by atoms with van der Waals surface area (Å²) in [5, 5.41) is 54.9. The van der Waals surface area contributed by atoms with E-state index in [2.05, 4.69) is 96.3 Å². The molecule has 59 nitrogen and oxygen atoms in total. The predicted octanol–water partition coefficient (Wildman–Crippen LogP) is 3.51. The van der Waals surface area contributed by atoms with Crippen molar-refractivity contribution in [2.45, 2.75) is 293 Å². The molecule has 0 radical (unpaired) electrons. The number of esters is 2. The topological polar surface area (TPSA) is 860 Å². The molecule has 4 aliphatic heterocycles. The van der Waals surface area contributed by atoms with Crippen molar-refractivity contribution < 1.29 is 167 Å². The summed E-state index contributed by atoms with van der Waals surface area (Å²) in [6.07, 6.45) is -13.3. The van der Waals surface area contributed by atoms with Crippen LogP contribution in [0.5, 0.6) is 0 Å². The molecule has 6 aromatic heterocycles. The second kappa shape index (κ2) is 54.8. The molecular weight excluding hydrogens is 2140 g/mol. The fourth-order valence-corrected chi connectivity index (χ4v) is 21.5. The van der Waals surface area contributed by atoms with Gasteiger partial charge in [0.05, 0.1) is 31.8 Å². The summed E-state index contributed by atoms with van der Waals surface area (Å²) in [6.45, 7) is 26.3. The van der Waals surface area contributed by atoms with Gasteiger partial charge in [0.25, 0.3) is 0 Å². The van der Waals surface area contributed by atoms with Crippen LogP contribution in [0.2, 0.25) is 0 Å². The molecule has 0 aromatic carbocycles. The molecule has 0 aliphatic carbocycles. The summed E-state index contributed by atoms with van der Waals surface area (Å²) < 4.78 is 108. The normalized spacial score (nSPS) is 22.2. The Bertz CT molecular complexity index is 5740. The highest BCUT2D eigenvalue weighted by Crippen LogP contribution is 2.58. The summed E-state index contributed by atoms with van der Waals surface area (Å²) in [5.41, 5.74) is 19.4. The van der Waals surface area contributed by atoms with E-state index in [1.54, 1.807) is 86.1 Å². The molecule has 5 amide bonds. The molecular formula is C82H132N22O37P4S4+2. The van der Waals surface area contributed by atoms with E-state index in [-0.39, 0.29) is 124 Å². The number of imidazole rings is 2. The molecule has 0 bridgehead atoms. The quantitative estimate of drug-likeness (QED) is 0.00855. The number of carbonyl (C=O) groups is 7. The molecule has 0 saturated carbocycles. The monoisotopic (exact) mass is 2270 g/mol. The summed E-state index contributed by atoms with van der Waals surface area (Å²) in [7, 11) is -13.8. The number of amides is 5. The Morgan fingerprint density at radius 3 is 1.32 bits per heavy atom. The zero-order valence-electron chi connectivity index (χ0n) is 84.1. The largest absolute Gasteiger partial charge is 0.570 e. The molecule has 0 unspecified atom stereocenters. The number of nitriles is 1. The average Bonchev–Trinajstić information content (AvgIpc) is 1.61. The number of anilines is 4. The lowest BCUT2D eigenvalue weighted by atomic mass is 10.0. The molecule has 4 fully saturated rings. The third kappa shape index (κ3) is 41.8. The highest BCUT2D eigenvalue weighted by atomic mass is 33.1. The molecule has 6 aromatic rings. The number of carbonyl (C=O) groups excluding carboxylic acids is 7. The molecule has 10 heterocycles. The third-order valence-corrected chi connectivity index (χ3v) is 30.2. The number of aliphatic hydroxyl groups is 3. The molecule has 834 valence electrons. The van der Waals surface area contributed by atoms with Gasteiger partial charge in [0.1, 0.15) is 157 Å². The van der Waals surface area contributed by atoms with Crippen LogP contribution in [-0.2, 0) is 98.1 Å². The van der Waals surface area contributed by atoms with E-state index in [9.17, 15) is 97.0 Å². The summed E-state index contributed by atoms with van der Waals surface area (Å²) >= 11 is 0. The zero-order valence-corrected chi connectivity index (χ0v) is 91.0. The lowest BCUT2D eigenvalue weighted by Gasteiger charge is -2.26. The first-order valence-corrected chi connectivity index (χ1v) is 56.8. The van der Waals surface area contributed by atoms with Crippen molar-refractivity contribution in [1.29, 1.82) is 5.26 Å². The van der Waals surface area contributed by atoms with Crippen LogP contribution in [0.4, 0.5) is 37.7 Å². The minimum atomic E-state index is -5.10. The van der Waals surface area contributed by atoms with Gasteiger partial charge in [-0.05, 0) is 107 Å². The summed E-state index contributed by atoms with van der Waals surface area (Å²) in [4.78, 5) is 227. The van der Waals surface area contributed by atoms with Gasteiger partial charge in [-0.15, -0.1) is 9.05 Å². The number of ether oxygens (including phenoxy) is 9. The number of nitrogen functional groups attached to an aromatic ring is 4. The van der Waals surface area contributed by atoms with Gasteiger partial charge in [-0.2, -0.15) is 43.9 Å². The van der Waals surface area contributed by atoms with Crippen LogP contribution < -0.4 is 60.9 Å². The third-order valence-electron chi connectivity index (χ3n) is 20.4. The van der Waals surface area contributed by atoms with Gasteiger partial charge in [0.15, 0.2) is 48.1 Å². The van der Waals surface area contributed by atoms with Gasteiger partial charge in [-0.3, -0.25) is 41.7 Å². The van der Waals surface area contributed by atoms with E-state index in [0.717, 1.165) is 21.9 Å². The second-order valence-electron chi connectivity index (χ2n) is 38.7. The first kappa shape index (κ1) is 125. The molecule has 24 N–H and O–H groups in total. The number of hydrogen-bond acceptors (Lipinski definition) is 50. The van der Waals surface area contributed by atoms with Crippen LogP contribution in [0.3, 0.4) is 0 Å². The molecule has 67 heteroatoms. The Hall–Kier alpha value is -8.88.